The van der Waals surface area contributed by atoms with Crippen LogP contribution in [-0.2, 0) is 10.8 Å². The second kappa shape index (κ2) is 15.1. The third-order valence-electron chi connectivity index (χ3n) is 7.56. The molecule has 0 N–H and O–H groups in total. The summed E-state index contributed by atoms with van der Waals surface area (Å²) < 4.78 is 0. The molecule has 0 atom stereocenters. The van der Waals surface area contributed by atoms with E-state index in [1.54, 1.807) is 11.1 Å². The van der Waals surface area contributed by atoms with Gasteiger partial charge in [-0.25, -0.2) is 0 Å². The van der Waals surface area contributed by atoms with Gasteiger partial charge >= 0.3 is 0 Å². The maximum Gasteiger partial charge on any atom is -0.0101 e. The molecular weight excluding hydrogens is 372 g/mol. The number of rotatable bonds is 18. The molecule has 0 aliphatic rings. The fourth-order valence-electron chi connectivity index (χ4n) is 5.10. The second-order valence-electron chi connectivity index (χ2n) is 11.5. The van der Waals surface area contributed by atoms with Gasteiger partial charge in [-0.15, -0.1) is 0 Å². The Kier molecular flexibility index (Phi) is 13.8. The first kappa shape index (κ1) is 28.3. The van der Waals surface area contributed by atoms with Crippen LogP contribution in [0.1, 0.15) is 161 Å². The number of hydrogen-bond donors (Lipinski definition) is 0. The van der Waals surface area contributed by atoms with Gasteiger partial charge in [0.05, 0.1) is 0 Å². The van der Waals surface area contributed by atoms with Crippen LogP contribution in [-0.4, -0.2) is 0 Å². The largest absolute Gasteiger partial charge is 0.0654 e. The molecule has 0 heteroatoms. The predicted molar refractivity (Wildman–Crippen MR) is 142 cm³/mol. The molecule has 1 aromatic rings. The van der Waals surface area contributed by atoms with Crippen LogP contribution in [0.3, 0.4) is 0 Å². The van der Waals surface area contributed by atoms with Gasteiger partial charge in [0.1, 0.15) is 0 Å². The number of benzene rings is 1. The van der Waals surface area contributed by atoms with Gasteiger partial charge in [0, 0.05) is 0 Å². The summed E-state index contributed by atoms with van der Waals surface area (Å²) in [5.41, 5.74) is 5.17. The van der Waals surface area contributed by atoms with Gasteiger partial charge in [0.2, 0.25) is 0 Å². The van der Waals surface area contributed by atoms with E-state index >= 15 is 0 Å². The first-order chi connectivity index (χ1) is 14.7. The molecule has 0 saturated heterocycles. The van der Waals surface area contributed by atoms with Crippen LogP contribution >= 0.6 is 0 Å². The van der Waals surface area contributed by atoms with Crippen LogP contribution in [0.2, 0.25) is 0 Å². The van der Waals surface area contributed by atoms with Crippen LogP contribution in [0.4, 0.5) is 0 Å². The summed E-state index contributed by atoms with van der Waals surface area (Å²) in [7, 11) is 0. The van der Waals surface area contributed by atoms with E-state index in [-0.39, 0.29) is 10.8 Å². The number of aryl methyl sites for hydroxylation is 1. The van der Waals surface area contributed by atoms with Crippen LogP contribution in [0.25, 0.3) is 0 Å². The minimum atomic E-state index is 0.277. The molecule has 31 heavy (non-hydrogen) atoms. The van der Waals surface area contributed by atoms with Gasteiger partial charge in [-0.2, -0.15) is 0 Å². The molecule has 180 valence electrons. The fourth-order valence-corrected chi connectivity index (χ4v) is 5.10. The zero-order valence-corrected chi connectivity index (χ0v) is 22.5. The maximum atomic E-state index is 2.57. The minimum absolute atomic E-state index is 0.277. The number of hydrogen-bond acceptors (Lipinski definition) is 0. The smallest absolute Gasteiger partial charge is 0.0101 e. The van der Waals surface area contributed by atoms with Gasteiger partial charge in [0.25, 0.3) is 0 Å². The standard InChI is InChI=1S/C31H56/c1-8-10-12-14-16-18-20-24-30(4,5)28-23-22-27(3)29(26-28)31(6,7)25-21-19-17-15-13-11-9-2/h22-23,26H,8-21,24-25H2,1-7H3. The zero-order valence-electron chi connectivity index (χ0n) is 22.5. The lowest BCUT2D eigenvalue weighted by atomic mass is 9.73. The molecule has 0 nitrogen and oxygen atoms in total. The van der Waals surface area contributed by atoms with Crippen molar-refractivity contribution in [1.82, 2.24) is 0 Å². The van der Waals surface area contributed by atoms with Crippen LogP contribution in [0, 0.1) is 6.92 Å². The van der Waals surface area contributed by atoms with E-state index in [1.807, 2.05) is 0 Å². The van der Waals surface area contributed by atoms with Crippen molar-refractivity contribution >= 4 is 0 Å². The SMILES string of the molecule is CCCCCCCCCC(C)(C)c1ccc(C)c(C(C)(C)CCCCCCCCC)c1. The molecule has 0 aromatic heterocycles. The molecule has 0 aliphatic carbocycles. The lowest BCUT2D eigenvalue weighted by molar-refractivity contribution is 0.428. The molecule has 1 rings (SSSR count). The van der Waals surface area contributed by atoms with Crippen molar-refractivity contribution < 1.29 is 0 Å². The maximum absolute atomic E-state index is 2.57. The van der Waals surface area contributed by atoms with Gasteiger partial charge in [-0.3, -0.25) is 0 Å². The molecular formula is C31H56. The lowest BCUT2D eigenvalue weighted by Crippen LogP contribution is -2.22. The van der Waals surface area contributed by atoms with Gasteiger partial charge in [-0.1, -0.05) is 150 Å². The van der Waals surface area contributed by atoms with E-state index in [0.717, 1.165) is 0 Å². The van der Waals surface area contributed by atoms with E-state index < -0.39 is 0 Å². The van der Waals surface area contributed by atoms with E-state index in [0.29, 0.717) is 0 Å². The fraction of sp³-hybridized carbons (Fsp3) is 0.806. The molecule has 0 amide bonds. The summed E-state index contributed by atoms with van der Waals surface area (Å²) in [6.07, 6.45) is 22.2. The van der Waals surface area contributed by atoms with Crippen LogP contribution in [0.5, 0.6) is 0 Å². The van der Waals surface area contributed by atoms with Crippen molar-refractivity contribution in [2.24, 2.45) is 0 Å². The van der Waals surface area contributed by atoms with E-state index in [4.69, 9.17) is 0 Å². The van der Waals surface area contributed by atoms with Gasteiger partial charge < -0.3 is 0 Å². The molecule has 0 bridgehead atoms. The first-order valence-corrected chi connectivity index (χ1v) is 13.9. The second-order valence-corrected chi connectivity index (χ2v) is 11.5. The Bertz CT molecular complexity index is 578. The molecule has 0 fully saturated rings. The Morgan fingerprint density at radius 1 is 0.548 bits per heavy atom. The van der Waals surface area contributed by atoms with Crippen molar-refractivity contribution in [3.8, 4) is 0 Å². The summed E-state index contributed by atoms with van der Waals surface area (Å²) in [6.45, 7) is 16.8. The molecule has 0 aliphatic heterocycles. The number of unbranched alkanes of at least 4 members (excludes halogenated alkanes) is 12. The van der Waals surface area contributed by atoms with E-state index in [9.17, 15) is 0 Å². The van der Waals surface area contributed by atoms with E-state index in [2.05, 4.69) is 66.7 Å². The van der Waals surface area contributed by atoms with E-state index in [1.165, 1.54) is 108 Å². The highest BCUT2D eigenvalue weighted by Crippen LogP contribution is 2.37. The van der Waals surface area contributed by atoms with Crippen LogP contribution in [0.15, 0.2) is 18.2 Å². The Morgan fingerprint density at radius 2 is 0.968 bits per heavy atom. The van der Waals surface area contributed by atoms with Crippen molar-refractivity contribution in [1.29, 1.82) is 0 Å². The summed E-state index contributed by atoms with van der Waals surface area (Å²) >= 11 is 0. The topological polar surface area (TPSA) is 0 Å². The molecule has 1 aromatic carbocycles. The molecule has 0 spiro atoms. The monoisotopic (exact) mass is 428 g/mol. The summed E-state index contributed by atoms with van der Waals surface area (Å²) in [5, 5.41) is 0. The Morgan fingerprint density at radius 3 is 1.45 bits per heavy atom. The summed E-state index contributed by atoms with van der Waals surface area (Å²) in [6, 6.07) is 7.37. The average Bonchev–Trinajstić information content (AvgIpc) is 2.72. The Hall–Kier alpha value is -0.780. The average molecular weight is 429 g/mol. The molecule has 0 heterocycles. The lowest BCUT2D eigenvalue weighted by Gasteiger charge is -2.31. The third kappa shape index (κ3) is 11.1. The highest BCUT2D eigenvalue weighted by atomic mass is 14.3. The first-order valence-electron chi connectivity index (χ1n) is 13.9. The quantitative estimate of drug-likeness (QED) is 0.204. The Balaban J connectivity index is 2.59. The summed E-state index contributed by atoms with van der Waals surface area (Å²) in [4.78, 5) is 0. The van der Waals surface area contributed by atoms with Crippen molar-refractivity contribution in [3.05, 3.63) is 34.9 Å². The molecule has 0 saturated carbocycles. The highest BCUT2D eigenvalue weighted by Gasteiger charge is 2.26. The third-order valence-corrected chi connectivity index (χ3v) is 7.56. The molecule has 0 radical (unpaired) electrons. The normalized spacial score (nSPS) is 12.5. The van der Waals surface area contributed by atoms with Crippen molar-refractivity contribution in [2.45, 2.75) is 162 Å². The van der Waals surface area contributed by atoms with Crippen LogP contribution < -0.4 is 0 Å². The Labute approximate surface area is 197 Å². The summed E-state index contributed by atoms with van der Waals surface area (Å²) in [5.74, 6) is 0. The van der Waals surface area contributed by atoms with Gasteiger partial charge in [-0.05, 0) is 47.3 Å². The zero-order chi connectivity index (χ0) is 23.2. The predicted octanol–water partition coefficient (Wildman–Crippen LogP) is 10.8. The van der Waals surface area contributed by atoms with Gasteiger partial charge in [0.15, 0.2) is 0 Å². The highest BCUT2D eigenvalue weighted by molar-refractivity contribution is 5.39. The molecule has 0 unspecified atom stereocenters. The van der Waals surface area contributed by atoms with Crippen molar-refractivity contribution in [3.63, 3.8) is 0 Å². The minimum Gasteiger partial charge on any atom is -0.0654 e. The van der Waals surface area contributed by atoms with Crippen molar-refractivity contribution in [2.75, 3.05) is 0 Å².